The number of H-pyrrole nitrogens is 1. The Labute approximate surface area is 106 Å². The topological polar surface area (TPSA) is 41.6 Å². The number of rotatable bonds is 3. The van der Waals surface area contributed by atoms with E-state index in [1.165, 1.54) is 5.69 Å². The minimum absolute atomic E-state index is 0.694. The Morgan fingerprint density at radius 1 is 1.41 bits per heavy atom. The van der Waals surface area contributed by atoms with E-state index in [0.29, 0.717) is 4.64 Å². The van der Waals surface area contributed by atoms with Crippen LogP contribution in [0.25, 0.3) is 0 Å². The molecule has 0 bridgehead atoms. The maximum absolute atomic E-state index is 5.26. The largest absolute Gasteiger partial charge is 0.347 e. The Kier molecular flexibility index (Phi) is 3.64. The molecule has 0 fully saturated rings. The van der Waals surface area contributed by atoms with Crippen LogP contribution in [0, 0.1) is 11.6 Å². The van der Waals surface area contributed by atoms with E-state index in [4.69, 9.17) is 12.2 Å². The van der Waals surface area contributed by atoms with Gasteiger partial charge in [-0.05, 0) is 25.0 Å². The molecule has 0 radical (unpaired) electrons. The van der Waals surface area contributed by atoms with E-state index in [-0.39, 0.29) is 0 Å². The quantitative estimate of drug-likeness (QED) is 0.845. The van der Waals surface area contributed by atoms with E-state index in [9.17, 15) is 0 Å². The lowest BCUT2D eigenvalue weighted by Crippen LogP contribution is -2.03. The van der Waals surface area contributed by atoms with Crippen molar-refractivity contribution in [1.82, 2.24) is 15.0 Å². The van der Waals surface area contributed by atoms with E-state index in [2.05, 4.69) is 21.9 Å². The Bertz CT molecular complexity index is 561. The summed E-state index contributed by atoms with van der Waals surface area (Å²) in [5, 5.41) is 0. The van der Waals surface area contributed by atoms with Crippen molar-refractivity contribution in [1.29, 1.82) is 0 Å². The molecule has 0 aromatic carbocycles. The first kappa shape index (κ1) is 11.9. The van der Waals surface area contributed by atoms with Crippen LogP contribution in [0.4, 0.5) is 0 Å². The first-order chi connectivity index (χ1) is 8.20. The molecule has 0 aliphatic carbocycles. The molecule has 2 heterocycles. The van der Waals surface area contributed by atoms with E-state index in [1.54, 1.807) is 6.20 Å². The minimum atomic E-state index is 0.694. The number of nitrogens with one attached hydrogen (secondary N) is 1. The molecule has 0 saturated carbocycles. The number of hydrogen-bond donors (Lipinski definition) is 1. The Morgan fingerprint density at radius 2 is 2.24 bits per heavy atom. The third kappa shape index (κ3) is 2.77. The van der Waals surface area contributed by atoms with Crippen LogP contribution >= 0.6 is 12.2 Å². The monoisotopic (exact) mass is 245 g/mol. The van der Waals surface area contributed by atoms with Crippen LogP contribution in [0.3, 0.4) is 0 Å². The second kappa shape index (κ2) is 5.19. The van der Waals surface area contributed by atoms with Crippen molar-refractivity contribution in [2.45, 2.75) is 26.7 Å². The molecule has 88 valence electrons. The molecule has 17 heavy (non-hydrogen) atoms. The van der Waals surface area contributed by atoms with Gasteiger partial charge in [-0.1, -0.05) is 25.2 Å². The normalized spacial score (nSPS) is 10.5. The fourth-order valence-electron chi connectivity index (χ4n) is 1.76. The number of aromatic nitrogens is 3. The molecule has 0 aliphatic rings. The maximum atomic E-state index is 5.26. The van der Waals surface area contributed by atoms with Gasteiger partial charge in [0.2, 0.25) is 0 Å². The highest BCUT2D eigenvalue weighted by atomic mass is 32.1. The fourth-order valence-corrected chi connectivity index (χ4v) is 2.00. The van der Waals surface area contributed by atoms with E-state index in [0.717, 1.165) is 29.8 Å². The molecule has 1 N–H and O–H groups in total. The molecular formula is C13H15N3S. The van der Waals surface area contributed by atoms with Crippen molar-refractivity contribution >= 4 is 12.2 Å². The lowest BCUT2D eigenvalue weighted by molar-refractivity contribution is 0.879. The van der Waals surface area contributed by atoms with Gasteiger partial charge in [0.25, 0.3) is 0 Å². The Hall–Kier alpha value is -1.55. The van der Waals surface area contributed by atoms with Gasteiger partial charge in [0.1, 0.15) is 10.5 Å². The zero-order valence-electron chi connectivity index (χ0n) is 10.0. The van der Waals surface area contributed by atoms with E-state index in [1.807, 2.05) is 25.3 Å². The Morgan fingerprint density at radius 3 is 2.88 bits per heavy atom. The molecule has 2 aromatic heterocycles. The zero-order chi connectivity index (χ0) is 12.3. The van der Waals surface area contributed by atoms with Crippen LogP contribution in [0.15, 0.2) is 24.5 Å². The van der Waals surface area contributed by atoms with Gasteiger partial charge in [0.15, 0.2) is 0 Å². The molecule has 3 nitrogen and oxygen atoms in total. The van der Waals surface area contributed by atoms with Crippen molar-refractivity contribution in [2.75, 3.05) is 0 Å². The summed E-state index contributed by atoms with van der Waals surface area (Å²) in [6.07, 6.45) is 5.30. The first-order valence-corrected chi connectivity index (χ1v) is 6.09. The molecular weight excluding hydrogens is 230 g/mol. The van der Waals surface area contributed by atoms with Crippen molar-refractivity contribution < 1.29 is 0 Å². The van der Waals surface area contributed by atoms with Crippen LogP contribution in [-0.4, -0.2) is 15.0 Å². The van der Waals surface area contributed by atoms with Crippen LogP contribution in [-0.2, 0) is 12.8 Å². The van der Waals surface area contributed by atoms with E-state index >= 15 is 0 Å². The van der Waals surface area contributed by atoms with Crippen molar-refractivity contribution in [3.8, 4) is 0 Å². The smallest absolute Gasteiger partial charge is 0.132 e. The second-order valence-electron chi connectivity index (χ2n) is 3.98. The van der Waals surface area contributed by atoms with Gasteiger partial charge in [-0.3, -0.25) is 4.98 Å². The molecule has 0 aliphatic heterocycles. The summed E-state index contributed by atoms with van der Waals surface area (Å²) in [5.41, 5.74) is 3.39. The average Bonchev–Trinajstić information content (AvgIpc) is 2.35. The van der Waals surface area contributed by atoms with Gasteiger partial charge in [0, 0.05) is 30.1 Å². The minimum Gasteiger partial charge on any atom is -0.347 e. The van der Waals surface area contributed by atoms with Gasteiger partial charge < -0.3 is 4.98 Å². The highest BCUT2D eigenvalue weighted by Crippen LogP contribution is 2.10. The van der Waals surface area contributed by atoms with Crippen LogP contribution < -0.4 is 0 Å². The SMILES string of the molecule is CCc1[nH]c(Cc2cccnc2)nc(=S)c1C. The van der Waals surface area contributed by atoms with Gasteiger partial charge in [-0.25, -0.2) is 4.98 Å². The summed E-state index contributed by atoms with van der Waals surface area (Å²) >= 11 is 5.26. The molecule has 0 saturated heterocycles. The van der Waals surface area contributed by atoms with Gasteiger partial charge in [-0.2, -0.15) is 0 Å². The molecule has 0 unspecified atom stereocenters. The van der Waals surface area contributed by atoms with Gasteiger partial charge in [0.05, 0.1) is 0 Å². The van der Waals surface area contributed by atoms with Crippen molar-refractivity contribution in [3.05, 3.63) is 51.8 Å². The summed E-state index contributed by atoms with van der Waals surface area (Å²) in [7, 11) is 0. The molecule has 0 spiro atoms. The molecule has 4 heteroatoms. The number of aromatic amines is 1. The summed E-state index contributed by atoms with van der Waals surface area (Å²) in [6.45, 7) is 4.12. The van der Waals surface area contributed by atoms with Crippen LogP contribution in [0.5, 0.6) is 0 Å². The summed E-state index contributed by atoms with van der Waals surface area (Å²) < 4.78 is 0.694. The van der Waals surface area contributed by atoms with Gasteiger partial charge >= 0.3 is 0 Å². The predicted molar refractivity (Wildman–Crippen MR) is 70.6 cm³/mol. The number of aryl methyl sites for hydroxylation is 1. The second-order valence-corrected chi connectivity index (χ2v) is 4.37. The van der Waals surface area contributed by atoms with Gasteiger partial charge in [-0.15, -0.1) is 0 Å². The summed E-state index contributed by atoms with van der Waals surface area (Å²) in [5.74, 6) is 0.908. The van der Waals surface area contributed by atoms with E-state index < -0.39 is 0 Å². The Balaban J connectivity index is 2.34. The number of pyridine rings is 1. The third-order valence-corrected chi connectivity index (χ3v) is 3.15. The van der Waals surface area contributed by atoms with Crippen LogP contribution in [0.1, 0.15) is 29.6 Å². The molecule has 2 rings (SSSR count). The molecule has 0 amide bonds. The predicted octanol–water partition coefficient (Wildman–Crippen LogP) is 3.00. The summed E-state index contributed by atoms with van der Waals surface area (Å²) in [6, 6.07) is 3.97. The lowest BCUT2D eigenvalue weighted by atomic mass is 10.1. The first-order valence-electron chi connectivity index (χ1n) is 5.68. The van der Waals surface area contributed by atoms with Crippen molar-refractivity contribution in [2.24, 2.45) is 0 Å². The zero-order valence-corrected chi connectivity index (χ0v) is 10.8. The standard InChI is InChI=1S/C13H15N3S/c1-3-11-9(2)13(17)16-12(15-11)7-10-5-4-6-14-8-10/h4-6,8H,3,7H2,1-2H3,(H,15,16,17). The molecule has 2 aromatic rings. The third-order valence-electron chi connectivity index (χ3n) is 2.75. The number of hydrogen-bond acceptors (Lipinski definition) is 3. The highest BCUT2D eigenvalue weighted by Gasteiger charge is 2.04. The fraction of sp³-hybridized carbons (Fsp3) is 0.308. The summed E-state index contributed by atoms with van der Waals surface area (Å²) in [4.78, 5) is 11.8. The molecule has 0 atom stereocenters. The van der Waals surface area contributed by atoms with Crippen LogP contribution in [0.2, 0.25) is 0 Å². The number of nitrogens with zero attached hydrogens (tertiary/aromatic N) is 2. The average molecular weight is 245 g/mol. The lowest BCUT2D eigenvalue weighted by Gasteiger charge is -2.07. The van der Waals surface area contributed by atoms with Crippen molar-refractivity contribution in [3.63, 3.8) is 0 Å². The maximum Gasteiger partial charge on any atom is 0.132 e. The highest BCUT2D eigenvalue weighted by molar-refractivity contribution is 7.71.